The molecular formula is C26H23NO4. The number of anilines is 1. The Morgan fingerprint density at radius 1 is 0.903 bits per heavy atom. The molecule has 1 atom stereocenters. The van der Waals surface area contributed by atoms with Gasteiger partial charge in [-0.15, -0.1) is 0 Å². The smallest absolute Gasteiger partial charge is 0.300 e. The van der Waals surface area contributed by atoms with E-state index in [4.69, 9.17) is 4.74 Å². The van der Waals surface area contributed by atoms with Crippen LogP contribution in [0.15, 0.2) is 78.4 Å². The Labute approximate surface area is 181 Å². The normalized spacial score (nSPS) is 17.8. The summed E-state index contributed by atoms with van der Waals surface area (Å²) >= 11 is 0. The van der Waals surface area contributed by atoms with Crippen LogP contribution in [0.1, 0.15) is 28.3 Å². The molecule has 0 spiro atoms. The molecule has 1 aliphatic heterocycles. The molecule has 0 aliphatic carbocycles. The van der Waals surface area contributed by atoms with E-state index in [1.54, 1.807) is 31.4 Å². The maximum absolute atomic E-state index is 13.2. The van der Waals surface area contributed by atoms with Gasteiger partial charge in [0.15, 0.2) is 0 Å². The first-order valence-corrected chi connectivity index (χ1v) is 9.99. The van der Waals surface area contributed by atoms with E-state index in [-0.39, 0.29) is 11.3 Å². The van der Waals surface area contributed by atoms with Crippen molar-refractivity contribution in [1.29, 1.82) is 0 Å². The van der Waals surface area contributed by atoms with Crippen molar-refractivity contribution in [2.45, 2.75) is 19.9 Å². The van der Waals surface area contributed by atoms with Crippen LogP contribution in [0.3, 0.4) is 0 Å². The van der Waals surface area contributed by atoms with Crippen LogP contribution in [0, 0.1) is 13.8 Å². The molecule has 1 amide bonds. The highest BCUT2D eigenvalue weighted by molar-refractivity contribution is 6.51. The number of aliphatic hydroxyl groups is 1. The monoisotopic (exact) mass is 413 g/mol. The second kappa shape index (κ2) is 8.11. The van der Waals surface area contributed by atoms with Crippen LogP contribution in [0.5, 0.6) is 5.75 Å². The summed E-state index contributed by atoms with van der Waals surface area (Å²) in [5, 5.41) is 11.1. The highest BCUT2D eigenvalue weighted by atomic mass is 16.5. The molecule has 1 aliphatic rings. The zero-order valence-electron chi connectivity index (χ0n) is 17.6. The van der Waals surface area contributed by atoms with Crippen molar-refractivity contribution >= 4 is 23.1 Å². The van der Waals surface area contributed by atoms with Crippen LogP contribution >= 0.6 is 0 Å². The molecule has 0 saturated carbocycles. The fraction of sp³-hybridized carbons (Fsp3) is 0.154. The fourth-order valence-corrected chi connectivity index (χ4v) is 4.04. The predicted octanol–water partition coefficient (Wildman–Crippen LogP) is 4.94. The van der Waals surface area contributed by atoms with Crippen molar-refractivity contribution in [2.75, 3.05) is 12.0 Å². The lowest BCUT2D eigenvalue weighted by molar-refractivity contribution is -0.132. The van der Waals surface area contributed by atoms with E-state index in [1.807, 2.05) is 62.4 Å². The number of hydrogen-bond acceptors (Lipinski definition) is 4. The van der Waals surface area contributed by atoms with Gasteiger partial charge in [-0.05, 0) is 66.9 Å². The van der Waals surface area contributed by atoms with Gasteiger partial charge in [0, 0.05) is 11.3 Å². The van der Waals surface area contributed by atoms with Crippen molar-refractivity contribution in [1.82, 2.24) is 0 Å². The molecule has 0 bridgehead atoms. The van der Waals surface area contributed by atoms with Crippen molar-refractivity contribution < 1.29 is 19.4 Å². The van der Waals surface area contributed by atoms with Crippen molar-refractivity contribution in [3.63, 3.8) is 0 Å². The predicted molar refractivity (Wildman–Crippen MR) is 120 cm³/mol. The first-order valence-electron chi connectivity index (χ1n) is 9.99. The summed E-state index contributed by atoms with van der Waals surface area (Å²) in [5.41, 5.74) is 3.86. The van der Waals surface area contributed by atoms with E-state index < -0.39 is 17.7 Å². The third-order valence-electron chi connectivity index (χ3n) is 5.41. The molecule has 1 N–H and O–H groups in total. The minimum absolute atomic E-state index is 0.0699. The zero-order valence-corrected chi connectivity index (χ0v) is 17.6. The van der Waals surface area contributed by atoms with Gasteiger partial charge in [-0.1, -0.05) is 36.4 Å². The molecule has 5 nitrogen and oxygen atoms in total. The van der Waals surface area contributed by atoms with Crippen LogP contribution < -0.4 is 9.64 Å². The Hall–Kier alpha value is -3.86. The van der Waals surface area contributed by atoms with Crippen LogP contribution in [0.2, 0.25) is 0 Å². The molecule has 156 valence electrons. The van der Waals surface area contributed by atoms with Crippen molar-refractivity contribution in [2.24, 2.45) is 0 Å². The van der Waals surface area contributed by atoms with E-state index >= 15 is 0 Å². The van der Waals surface area contributed by atoms with Gasteiger partial charge in [-0.2, -0.15) is 0 Å². The number of aliphatic hydroxyl groups excluding tert-OH is 1. The second-order valence-electron chi connectivity index (χ2n) is 7.65. The lowest BCUT2D eigenvalue weighted by Gasteiger charge is -2.26. The molecule has 1 unspecified atom stereocenters. The van der Waals surface area contributed by atoms with Crippen LogP contribution in [-0.4, -0.2) is 23.9 Å². The molecule has 1 heterocycles. The number of ether oxygens (including phenoxy) is 1. The Kier molecular flexibility index (Phi) is 5.34. The number of rotatable bonds is 4. The van der Waals surface area contributed by atoms with E-state index in [2.05, 4.69) is 0 Å². The minimum Gasteiger partial charge on any atom is -0.507 e. The summed E-state index contributed by atoms with van der Waals surface area (Å²) in [6.07, 6.45) is 0. The van der Waals surface area contributed by atoms with Gasteiger partial charge in [-0.25, -0.2) is 0 Å². The first kappa shape index (κ1) is 20.4. The van der Waals surface area contributed by atoms with Gasteiger partial charge >= 0.3 is 0 Å². The topological polar surface area (TPSA) is 66.8 Å². The van der Waals surface area contributed by atoms with Crippen LogP contribution in [0.4, 0.5) is 5.69 Å². The molecule has 4 rings (SSSR count). The number of Topliss-reactive ketones (excluding diaryl/α,β-unsaturated/α-hetero) is 1. The summed E-state index contributed by atoms with van der Waals surface area (Å²) in [6, 6.07) is 21.0. The molecule has 0 aromatic heterocycles. The largest absolute Gasteiger partial charge is 0.507 e. The Bertz CT molecular complexity index is 1160. The molecular weight excluding hydrogens is 390 g/mol. The highest BCUT2D eigenvalue weighted by Crippen LogP contribution is 2.42. The molecule has 0 radical (unpaired) electrons. The van der Waals surface area contributed by atoms with Gasteiger partial charge < -0.3 is 9.84 Å². The first-order chi connectivity index (χ1) is 14.9. The van der Waals surface area contributed by atoms with Gasteiger partial charge in [0.2, 0.25) is 0 Å². The number of hydrogen-bond donors (Lipinski definition) is 1. The quantitative estimate of drug-likeness (QED) is 0.374. The number of methoxy groups -OCH3 is 1. The lowest BCUT2D eigenvalue weighted by Crippen LogP contribution is -2.29. The summed E-state index contributed by atoms with van der Waals surface area (Å²) in [5.74, 6) is -0.941. The van der Waals surface area contributed by atoms with Gasteiger partial charge in [0.05, 0.1) is 18.7 Å². The average molecular weight is 413 g/mol. The number of benzene rings is 3. The third-order valence-corrected chi connectivity index (χ3v) is 5.41. The highest BCUT2D eigenvalue weighted by Gasteiger charge is 2.47. The van der Waals surface area contributed by atoms with Gasteiger partial charge in [-0.3, -0.25) is 14.5 Å². The maximum atomic E-state index is 13.2. The number of ketones is 1. The molecule has 3 aromatic carbocycles. The molecule has 31 heavy (non-hydrogen) atoms. The van der Waals surface area contributed by atoms with E-state index in [9.17, 15) is 14.7 Å². The SMILES string of the molecule is COc1ccc(/C(O)=C2\C(=O)C(=O)N(c3cc(C)cc(C)c3)C2c2ccccc2)cc1. The van der Waals surface area contributed by atoms with Gasteiger partial charge in [0.25, 0.3) is 11.7 Å². The number of carbonyl (C=O) groups is 2. The van der Waals surface area contributed by atoms with E-state index in [0.29, 0.717) is 17.0 Å². The number of carbonyl (C=O) groups excluding carboxylic acids is 2. The number of amides is 1. The molecule has 1 saturated heterocycles. The summed E-state index contributed by atoms with van der Waals surface area (Å²) in [6.45, 7) is 3.89. The van der Waals surface area contributed by atoms with Crippen molar-refractivity contribution in [3.8, 4) is 5.75 Å². The second-order valence-corrected chi connectivity index (χ2v) is 7.65. The minimum atomic E-state index is -0.732. The molecule has 1 fully saturated rings. The Morgan fingerprint density at radius 2 is 1.52 bits per heavy atom. The summed E-state index contributed by atoms with van der Waals surface area (Å²) in [7, 11) is 1.56. The Morgan fingerprint density at radius 3 is 2.10 bits per heavy atom. The number of nitrogens with zero attached hydrogens (tertiary/aromatic N) is 1. The molecule has 3 aromatic rings. The summed E-state index contributed by atoms with van der Waals surface area (Å²) in [4.78, 5) is 27.8. The van der Waals surface area contributed by atoms with E-state index in [1.165, 1.54) is 4.90 Å². The van der Waals surface area contributed by atoms with Gasteiger partial charge in [0.1, 0.15) is 11.5 Å². The number of aryl methyl sites for hydroxylation is 2. The standard InChI is InChI=1S/C26H23NO4/c1-16-13-17(2)15-20(14-16)27-23(18-7-5-4-6-8-18)22(25(29)26(27)30)24(28)19-9-11-21(31-3)12-10-19/h4-15,23,28H,1-3H3/b24-22+. The summed E-state index contributed by atoms with van der Waals surface area (Å²) < 4.78 is 5.17. The third kappa shape index (κ3) is 3.70. The average Bonchev–Trinajstić information content (AvgIpc) is 3.04. The Balaban J connectivity index is 1.93. The zero-order chi connectivity index (χ0) is 22.1. The van der Waals surface area contributed by atoms with Crippen LogP contribution in [-0.2, 0) is 9.59 Å². The molecule has 5 heteroatoms. The van der Waals surface area contributed by atoms with E-state index in [0.717, 1.165) is 16.7 Å². The van der Waals surface area contributed by atoms with Crippen molar-refractivity contribution in [3.05, 3.63) is 101 Å². The lowest BCUT2D eigenvalue weighted by atomic mass is 9.95. The van der Waals surface area contributed by atoms with Crippen LogP contribution in [0.25, 0.3) is 5.76 Å². The maximum Gasteiger partial charge on any atom is 0.300 e. The fourth-order valence-electron chi connectivity index (χ4n) is 4.04.